The van der Waals surface area contributed by atoms with E-state index in [0.29, 0.717) is 17.2 Å². The maximum Gasteiger partial charge on any atom is 0.237 e. The van der Waals surface area contributed by atoms with Crippen molar-refractivity contribution in [1.82, 2.24) is 4.98 Å². The molecule has 3 nitrogen and oxygen atoms in total. The van der Waals surface area contributed by atoms with Crippen molar-refractivity contribution in [2.24, 2.45) is 0 Å². The quantitative estimate of drug-likeness (QED) is 0.662. The van der Waals surface area contributed by atoms with Gasteiger partial charge in [-0.25, -0.2) is 4.98 Å². The minimum atomic E-state index is 0.331. The van der Waals surface area contributed by atoms with Gasteiger partial charge in [0, 0.05) is 9.86 Å². The average molecular weight is 339 g/mol. The van der Waals surface area contributed by atoms with E-state index in [-0.39, 0.29) is 0 Å². The maximum atomic E-state index is 9.30. The molecule has 0 bridgehead atoms. The molecular formula is C17H11BrN2O. The number of rotatable bonds is 2. The highest BCUT2D eigenvalue weighted by molar-refractivity contribution is 9.10. The summed E-state index contributed by atoms with van der Waals surface area (Å²) in [6.07, 6.45) is 0. The molecule has 0 amide bonds. The van der Waals surface area contributed by atoms with Crippen LogP contribution in [0.15, 0.2) is 53.0 Å². The van der Waals surface area contributed by atoms with E-state index in [9.17, 15) is 5.26 Å². The number of aryl methyl sites for hydroxylation is 1. The monoisotopic (exact) mass is 338 g/mol. The minimum absolute atomic E-state index is 0.331. The van der Waals surface area contributed by atoms with Gasteiger partial charge in [-0.15, -0.1) is 0 Å². The predicted molar refractivity (Wildman–Crippen MR) is 85.4 cm³/mol. The van der Waals surface area contributed by atoms with E-state index in [2.05, 4.69) is 27.0 Å². The van der Waals surface area contributed by atoms with Crippen molar-refractivity contribution < 1.29 is 4.74 Å². The number of pyridine rings is 1. The molecule has 0 fully saturated rings. The van der Waals surface area contributed by atoms with E-state index in [0.717, 1.165) is 20.9 Å². The standard InChI is InChI=1S/C17H11BrN2O/c1-11-6-7-14(18)9-16(11)21-17-13(10-19)8-12-4-2-3-5-15(12)20-17/h2-9H,1H3. The molecule has 0 spiro atoms. The molecule has 0 aliphatic carbocycles. The number of ether oxygens (including phenoxy) is 1. The van der Waals surface area contributed by atoms with Gasteiger partial charge < -0.3 is 4.74 Å². The molecular weight excluding hydrogens is 328 g/mol. The van der Waals surface area contributed by atoms with Gasteiger partial charge in [-0.3, -0.25) is 0 Å². The fraction of sp³-hybridized carbons (Fsp3) is 0.0588. The van der Waals surface area contributed by atoms with Crippen LogP contribution in [0.2, 0.25) is 0 Å². The summed E-state index contributed by atoms with van der Waals surface area (Å²) in [7, 11) is 0. The Morgan fingerprint density at radius 1 is 1.14 bits per heavy atom. The lowest BCUT2D eigenvalue weighted by molar-refractivity contribution is 0.459. The van der Waals surface area contributed by atoms with E-state index in [1.807, 2.05) is 49.4 Å². The molecule has 0 aliphatic rings. The summed E-state index contributed by atoms with van der Waals surface area (Å²) in [6, 6.07) is 17.4. The van der Waals surface area contributed by atoms with Crippen LogP contribution in [-0.2, 0) is 0 Å². The molecule has 0 saturated heterocycles. The zero-order chi connectivity index (χ0) is 14.8. The van der Waals surface area contributed by atoms with Crippen LogP contribution in [0.1, 0.15) is 11.1 Å². The zero-order valence-corrected chi connectivity index (χ0v) is 12.9. The number of para-hydroxylation sites is 1. The summed E-state index contributed by atoms with van der Waals surface area (Å²) in [5.41, 5.74) is 2.21. The fourth-order valence-electron chi connectivity index (χ4n) is 2.04. The predicted octanol–water partition coefficient (Wildman–Crippen LogP) is 4.97. The smallest absolute Gasteiger partial charge is 0.237 e. The molecule has 3 rings (SSSR count). The highest BCUT2D eigenvalue weighted by atomic mass is 79.9. The average Bonchev–Trinajstić information content (AvgIpc) is 2.50. The van der Waals surface area contributed by atoms with Gasteiger partial charge in [0.1, 0.15) is 17.4 Å². The van der Waals surface area contributed by atoms with Crippen LogP contribution in [-0.4, -0.2) is 4.98 Å². The van der Waals surface area contributed by atoms with Crippen LogP contribution >= 0.6 is 15.9 Å². The molecule has 0 unspecified atom stereocenters. The van der Waals surface area contributed by atoms with Crippen molar-refractivity contribution >= 4 is 26.8 Å². The van der Waals surface area contributed by atoms with Crippen molar-refractivity contribution in [2.75, 3.05) is 0 Å². The largest absolute Gasteiger partial charge is 0.437 e. The first-order valence-electron chi connectivity index (χ1n) is 6.41. The summed E-state index contributed by atoms with van der Waals surface area (Å²) in [6.45, 7) is 1.95. The second kappa shape index (κ2) is 5.55. The third-order valence-electron chi connectivity index (χ3n) is 3.17. The number of nitriles is 1. The first kappa shape index (κ1) is 13.6. The minimum Gasteiger partial charge on any atom is -0.437 e. The van der Waals surface area contributed by atoms with E-state index in [1.54, 1.807) is 6.07 Å². The Morgan fingerprint density at radius 3 is 2.76 bits per heavy atom. The lowest BCUT2D eigenvalue weighted by atomic mass is 10.1. The number of nitrogens with zero attached hydrogens (tertiary/aromatic N) is 2. The van der Waals surface area contributed by atoms with E-state index >= 15 is 0 Å². The van der Waals surface area contributed by atoms with Gasteiger partial charge >= 0.3 is 0 Å². The van der Waals surface area contributed by atoms with Crippen LogP contribution < -0.4 is 4.74 Å². The summed E-state index contributed by atoms with van der Waals surface area (Å²) in [5.74, 6) is 1.01. The number of hydrogen-bond donors (Lipinski definition) is 0. The Bertz CT molecular complexity index is 868. The van der Waals surface area contributed by atoms with E-state index in [4.69, 9.17) is 4.74 Å². The van der Waals surface area contributed by atoms with Crippen molar-refractivity contribution in [3.63, 3.8) is 0 Å². The highest BCUT2D eigenvalue weighted by Gasteiger charge is 2.10. The summed E-state index contributed by atoms with van der Waals surface area (Å²) in [4.78, 5) is 4.45. The molecule has 4 heteroatoms. The lowest BCUT2D eigenvalue weighted by Crippen LogP contribution is -1.94. The highest BCUT2D eigenvalue weighted by Crippen LogP contribution is 2.30. The molecule has 21 heavy (non-hydrogen) atoms. The topological polar surface area (TPSA) is 45.9 Å². The number of fused-ring (bicyclic) bond motifs is 1. The fourth-order valence-corrected chi connectivity index (χ4v) is 2.38. The van der Waals surface area contributed by atoms with Crippen LogP contribution in [0.25, 0.3) is 10.9 Å². The van der Waals surface area contributed by atoms with E-state index in [1.165, 1.54) is 0 Å². The third-order valence-corrected chi connectivity index (χ3v) is 3.66. The van der Waals surface area contributed by atoms with Crippen LogP contribution in [0.4, 0.5) is 0 Å². The van der Waals surface area contributed by atoms with E-state index < -0.39 is 0 Å². The Morgan fingerprint density at radius 2 is 1.95 bits per heavy atom. The number of aromatic nitrogens is 1. The lowest BCUT2D eigenvalue weighted by Gasteiger charge is -2.10. The zero-order valence-electron chi connectivity index (χ0n) is 11.3. The van der Waals surface area contributed by atoms with Gasteiger partial charge in [-0.1, -0.05) is 40.2 Å². The SMILES string of the molecule is Cc1ccc(Br)cc1Oc1nc2ccccc2cc1C#N. The molecule has 1 heterocycles. The summed E-state index contributed by atoms with van der Waals surface area (Å²) in [5, 5.41) is 10.2. The van der Waals surface area contributed by atoms with Crippen molar-refractivity contribution in [1.29, 1.82) is 5.26 Å². The number of halogens is 1. The Labute approximate surface area is 130 Å². The van der Waals surface area contributed by atoms with Crippen LogP contribution in [0, 0.1) is 18.3 Å². The summed E-state index contributed by atoms with van der Waals surface area (Å²) >= 11 is 3.42. The molecule has 0 saturated carbocycles. The molecule has 0 radical (unpaired) electrons. The first-order valence-corrected chi connectivity index (χ1v) is 7.20. The Hall–Kier alpha value is -2.38. The van der Waals surface area contributed by atoms with Gasteiger partial charge in [0.2, 0.25) is 5.88 Å². The molecule has 0 atom stereocenters. The molecule has 0 aliphatic heterocycles. The second-order valence-corrected chi connectivity index (χ2v) is 5.57. The maximum absolute atomic E-state index is 9.30. The van der Waals surface area contributed by atoms with Gasteiger partial charge in [0.25, 0.3) is 0 Å². The molecule has 0 N–H and O–H groups in total. The number of hydrogen-bond acceptors (Lipinski definition) is 3. The molecule has 3 aromatic rings. The molecule has 1 aromatic heterocycles. The third kappa shape index (κ3) is 2.74. The van der Waals surface area contributed by atoms with Crippen molar-refractivity contribution in [3.05, 3.63) is 64.1 Å². The Balaban J connectivity index is 2.11. The Kier molecular flexibility index (Phi) is 3.59. The van der Waals surface area contributed by atoms with Gasteiger partial charge in [0.05, 0.1) is 5.52 Å². The molecule has 102 valence electrons. The first-order chi connectivity index (χ1) is 10.2. The van der Waals surface area contributed by atoms with Crippen molar-refractivity contribution in [2.45, 2.75) is 6.92 Å². The number of benzene rings is 2. The van der Waals surface area contributed by atoms with Gasteiger partial charge in [0.15, 0.2) is 0 Å². The van der Waals surface area contributed by atoms with Crippen molar-refractivity contribution in [3.8, 4) is 17.7 Å². The van der Waals surface area contributed by atoms with Crippen LogP contribution in [0.3, 0.4) is 0 Å². The van der Waals surface area contributed by atoms with Crippen LogP contribution in [0.5, 0.6) is 11.6 Å². The normalized spacial score (nSPS) is 10.3. The van der Waals surface area contributed by atoms with Gasteiger partial charge in [-0.2, -0.15) is 5.26 Å². The van der Waals surface area contributed by atoms with Gasteiger partial charge in [-0.05, 0) is 36.8 Å². The molecule has 2 aromatic carbocycles. The second-order valence-electron chi connectivity index (χ2n) is 4.66. The summed E-state index contributed by atoms with van der Waals surface area (Å²) < 4.78 is 6.78.